The first-order chi connectivity index (χ1) is 5.85. The van der Waals surface area contributed by atoms with Gasteiger partial charge in [0.25, 0.3) is 0 Å². The standard InChI is InChI=1S/C8H14N2O2/c1-3-10-7-8(6-9-2)12-5-4-11/h6-7,11H,2-5H2,1H3/b8-6+,10-7?. The van der Waals surface area contributed by atoms with E-state index in [1.54, 1.807) is 6.21 Å². The van der Waals surface area contributed by atoms with Gasteiger partial charge in [0, 0.05) is 6.54 Å². The van der Waals surface area contributed by atoms with E-state index in [0.29, 0.717) is 12.3 Å². The zero-order chi connectivity index (χ0) is 9.23. The second-order valence-corrected chi connectivity index (χ2v) is 1.91. The summed E-state index contributed by atoms with van der Waals surface area (Å²) in [5, 5.41) is 8.47. The summed E-state index contributed by atoms with van der Waals surface area (Å²) in [7, 11) is 0. The van der Waals surface area contributed by atoms with Gasteiger partial charge in [0.15, 0.2) is 5.76 Å². The van der Waals surface area contributed by atoms with E-state index >= 15 is 0 Å². The summed E-state index contributed by atoms with van der Waals surface area (Å²) < 4.78 is 5.06. The van der Waals surface area contributed by atoms with E-state index in [1.807, 2.05) is 6.92 Å². The van der Waals surface area contributed by atoms with Crippen molar-refractivity contribution in [3.63, 3.8) is 0 Å². The van der Waals surface area contributed by atoms with Crippen LogP contribution in [0, 0.1) is 0 Å². The predicted octanol–water partition coefficient (Wildman–Crippen LogP) is 0.628. The first kappa shape index (κ1) is 10.8. The zero-order valence-corrected chi connectivity index (χ0v) is 7.23. The number of nitrogens with zero attached hydrogens (tertiary/aromatic N) is 2. The third-order valence-electron chi connectivity index (χ3n) is 0.980. The SMILES string of the molecule is C=N/C=C(\C=NCC)OCCO. The molecule has 0 rings (SSSR count). The van der Waals surface area contributed by atoms with Crippen LogP contribution < -0.4 is 0 Å². The van der Waals surface area contributed by atoms with Gasteiger partial charge in [-0.1, -0.05) is 0 Å². The van der Waals surface area contributed by atoms with Crippen molar-refractivity contribution in [1.82, 2.24) is 0 Å². The molecule has 0 atom stereocenters. The highest BCUT2D eigenvalue weighted by atomic mass is 16.5. The molecule has 0 amide bonds. The summed E-state index contributed by atoms with van der Waals surface area (Å²) in [6, 6.07) is 0. The van der Waals surface area contributed by atoms with Crippen LogP contribution in [0.4, 0.5) is 0 Å². The van der Waals surface area contributed by atoms with Crippen molar-refractivity contribution < 1.29 is 9.84 Å². The van der Waals surface area contributed by atoms with E-state index < -0.39 is 0 Å². The van der Waals surface area contributed by atoms with Gasteiger partial charge in [-0.15, -0.1) is 0 Å². The normalized spacial score (nSPS) is 12.0. The third-order valence-corrected chi connectivity index (χ3v) is 0.980. The van der Waals surface area contributed by atoms with Crippen LogP contribution in [-0.2, 0) is 4.74 Å². The van der Waals surface area contributed by atoms with Crippen LogP contribution in [0.1, 0.15) is 6.92 Å². The number of hydrogen-bond donors (Lipinski definition) is 1. The van der Waals surface area contributed by atoms with Crippen LogP contribution in [-0.4, -0.2) is 37.8 Å². The fourth-order valence-electron chi connectivity index (χ4n) is 0.543. The molecule has 0 radical (unpaired) electrons. The number of allylic oxidation sites excluding steroid dienone is 1. The maximum atomic E-state index is 8.47. The van der Waals surface area contributed by atoms with Gasteiger partial charge in [-0.25, -0.2) is 0 Å². The second kappa shape index (κ2) is 7.94. The van der Waals surface area contributed by atoms with Crippen LogP contribution in [0.15, 0.2) is 21.9 Å². The van der Waals surface area contributed by atoms with Crippen molar-refractivity contribution >= 4 is 12.9 Å². The highest BCUT2D eigenvalue weighted by molar-refractivity contribution is 5.75. The molecule has 0 aliphatic heterocycles. The van der Waals surface area contributed by atoms with Crippen LogP contribution in [0.5, 0.6) is 0 Å². The third kappa shape index (κ3) is 5.61. The van der Waals surface area contributed by atoms with Crippen molar-refractivity contribution in [1.29, 1.82) is 0 Å². The second-order valence-electron chi connectivity index (χ2n) is 1.91. The Labute approximate surface area is 72.3 Å². The van der Waals surface area contributed by atoms with Crippen LogP contribution >= 0.6 is 0 Å². The van der Waals surface area contributed by atoms with Gasteiger partial charge in [0.1, 0.15) is 6.61 Å². The number of ether oxygens (including phenoxy) is 1. The Kier molecular flexibility index (Phi) is 7.17. The van der Waals surface area contributed by atoms with Crippen molar-refractivity contribution in [2.45, 2.75) is 6.92 Å². The molecule has 0 aromatic carbocycles. The molecule has 0 spiro atoms. The Morgan fingerprint density at radius 1 is 1.67 bits per heavy atom. The Morgan fingerprint density at radius 3 is 2.92 bits per heavy atom. The first-order valence-electron chi connectivity index (χ1n) is 3.74. The maximum Gasteiger partial charge on any atom is 0.155 e. The molecule has 12 heavy (non-hydrogen) atoms. The van der Waals surface area contributed by atoms with Crippen LogP contribution in [0.2, 0.25) is 0 Å². The fraction of sp³-hybridized carbons (Fsp3) is 0.500. The lowest BCUT2D eigenvalue weighted by Crippen LogP contribution is -2.00. The molecule has 0 saturated heterocycles. The van der Waals surface area contributed by atoms with Crippen molar-refractivity contribution in [2.75, 3.05) is 19.8 Å². The maximum absolute atomic E-state index is 8.47. The molecular formula is C8H14N2O2. The Balaban J connectivity index is 3.95. The minimum atomic E-state index is -0.0194. The predicted molar refractivity (Wildman–Crippen MR) is 49.7 cm³/mol. The number of aliphatic hydroxyl groups is 1. The lowest BCUT2D eigenvalue weighted by molar-refractivity contribution is 0.156. The minimum Gasteiger partial charge on any atom is -0.488 e. The molecule has 4 heteroatoms. The van der Waals surface area contributed by atoms with Gasteiger partial charge in [-0.3, -0.25) is 9.98 Å². The van der Waals surface area contributed by atoms with Gasteiger partial charge in [0.05, 0.1) is 19.0 Å². The average molecular weight is 170 g/mol. The molecule has 1 N–H and O–H groups in total. The van der Waals surface area contributed by atoms with Crippen molar-refractivity contribution in [3.8, 4) is 0 Å². The number of hydrogen-bond acceptors (Lipinski definition) is 4. The molecule has 0 aromatic heterocycles. The summed E-state index contributed by atoms with van der Waals surface area (Å²) in [6.45, 7) is 6.12. The molecule has 68 valence electrons. The van der Waals surface area contributed by atoms with E-state index in [-0.39, 0.29) is 13.2 Å². The van der Waals surface area contributed by atoms with Crippen LogP contribution in [0.25, 0.3) is 0 Å². The van der Waals surface area contributed by atoms with E-state index in [1.165, 1.54) is 6.20 Å². The Bertz CT molecular complexity index is 176. The number of aliphatic hydroxyl groups excluding tert-OH is 1. The molecule has 0 heterocycles. The summed E-state index contributed by atoms with van der Waals surface area (Å²) in [5.74, 6) is 0.515. The number of aliphatic imine (C=N–C) groups is 2. The Hall–Kier alpha value is -1.16. The molecule has 0 unspecified atom stereocenters. The van der Waals surface area contributed by atoms with Crippen molar-refractivity contribution in [2.24, 2.45) is 9.98 Å². The molecule has 0 aliphatic rings. The van der Waals surface area contributed by atoms with E-state index in [0.717, 1.165) is 0 Å². The smallest absolute Gasteiger partial charge is 0.155 e. The van der Waals surface area contributed by atoms with Gasteiger partial charge < -0.3 is 9.84 Å². The van der Waals surface area contributed by atoms with Gasteiger partial charge in [0.2, 0.25) is 0 Å². The summed E-state index contributed by atoms with van der Waals surface area (Å²) in [4.78, 5) is 7.49. The van der Waals surface area contributed by atoms with E-state index in [2.05, 4.69) is 16.7 Å². The quantitative estimate of drug-likeness (QED) is 0.469. The van der Waals surface area contributed by atoms with Gasteiger partial charge >= 0.3 is 0 Å². The fourth-order valence-corrected chi connectivity index (χ4v) is 0.543. The van der Waals surface area contributed by atoms with Crippen molar-refractivity contribution in [3.05, 3.63) is 12.0 Å². The molecule has 0 bridgehead atoms. The molecule has 4 nitrogen and oxygen atoms in total. The minimum absolute atomic E-state index is 0.0194. The molecule has 0 fully saturated rings. The van der Waals surface area contributed by atoms with Gasteiger partial charge in [-0.05, 0) is 13.6 Å². The zero-order valence-electron chi connectivity index (χ0n) is 7.23. The molecule has 0 aromatic rings. The molecule has 0 aliphatic carbocycles. The summed E-state index contributed by atoms with van der Waals surface area (Å²) in [6.07, 6.45) is 3.01. The summed E-state index contributed by atoms with van der Waals surface area (Å²) >= 11 is 0. The lowest BCUT2D eigenvalue weighted by atomic mass is 10.5. The topological polar surface area (TPSA) is 54.2 Å². The number of rotatable bonds is 6. The highest BCUT2D eigenvalue weighted by Crippen LogP contribution is 1.93. The molecular weight excluding hydrogens is 156 g/mol. The monoisotopic (exact) mass is 170 g/mol. The van der Waals surface area contributed by atoms with Gasteiger partial charge in [-0.2, -0.15) is 0 Å². The van der Waals surface area contributed by atoms with Crippen LogP contribution in [0.3, 0.4) is 0 Å². The summed E-state index contributed by atoms with van der Waals surface area (Å²) in [5.41, 5.74) is 0. The van der Waals surface area contributed by atoms with E-state index in [4.69, 9.17) is 9.84 Å². The first-order valence-corrected chi connectivity index (χ1v) is 3.74. The average Bonchev–Trinajstić information content (AvgIpc) is 2.10. The lowest BCUT2D eigenvalue weighted by Gasteiger charge is -2.01. The molecule has 0 saturated carbocycles. The highest BCUT2D eigenvalue weighted by Gasteiger charge is 1.91. The Morgan fingerprint density at radius 2 is 2.42 bits per heavy atom. The largest absolute Gasteiger partial charge is 0.488 e. The van der Waals surface area contributed by atoms with E-state index in [9.17, 15) is 0 Å².